The largest absolute Gasteiger partial charge is 0.363 e. The van der Waals surface area contributed by atoms with Crippen molar-refractivity contribution < 1.29 is 9.53 Å². The number of epoxide rings is 1. The highest BCUT2D eigenvalue weighted by atomic mass is 16.6. The maximum atomic E-state index is 11.7. The molecule has 2 atom stereocenters. The van der Waals surface area contributed by atoms with Crippen molar-refractivity contribution in [2.45, 2.75) is 25.0 Å². The van der Waals surface area contributed by atoms with E-state index in [1.807, 2.05) is 18.2 Å². The molecule has 1 amide bonds. The van der Waals surface area contributed by atoms with Gasteiger partial charge in [-0.25, -0.2) is 0 Å². The van der Waals surface area contributed by atoms with Crippen LogP contribution in [-0.4, -0.2) is 18.6 Å². The van der Waals surface area contributed by atoms with Crippen LogP contribution in [0.25, 0.3) is 0 Å². The van der Waals surface area contributed by atoms with Gasteiger partial charge in [-0.1, -0.05) is 30.3 Å². The molecule has 84 valence electrons. The van der Waals surface area contributed by atoms with Crippen molar-refractivity contribution in [2.75, 3.05) is 6.61 Å². The summed E-state index contributed by atoms with van der Waals surface area (Å²) in [4.78, 5) is 11.7. The van der Waals surface area contributed by atoms with Crippen LogP contribution >= 0.6 is 0 Å². The van der Waals surface area contributed by atoms with Gasteiger partial charge >= 0.3 is 0 Å². The number of ether oxygens (including phenoxy) is 1. The molecule has 0 radical (unpaired) electrons. The lowest BCUT2D eigenvalue weighted by molar-refractivity contribution is -0.123. The fraction of sp³-hybridized carbons (Fsp3) is 0.462. The molecule has 3 rings (SSSR count). The predicted octanol–water partition coefficient (Wildman–Crippen LogP) is 1.65. The van der Waals surface area contributed by atoms with Gasteiger partial charge in [0.05, 0.1) is 12.6 Å². The van der Waals surface area contributed by atoms with Crippen LogP contribution in [0.2, 0.25) is 0 Å². The van der Waals surface area contributed by atoms with Crippen molar-refractivity contribution in [3.05, 3.63) is 35.9 Å². The summed E-state index contributed by atoms with van der Waals surface area (Å²) in [5.74, 6) is 0.658. The third-order valence-corrected chi connectivity index (χ3v) is 3.18. The summed E-state index contributed by atoms with van der Waals surface area (Å²) in [5.41, 5.74) is 1.21. The second-order valence-corrected chi connectivity index (χ2v) is 4.56. The number of rotatable bonds is 4. The molecule has 3 heteroatoms. The van der Waals surface area contributed by atoms with Crippen molar-refractivity contribution >= 4 is 5.91 Å². The first-order chi connectivity index (χ1) is 7.84. The number of nitrogens with one attached hydrogen (secondary N) is 1. The molecule has 1 aromatic carbocycles. The molecule has 2 fully saturated rings. The van der Waals surface area contributed by atoms with E-state index in [1.165, 1.54) is 18.4 Å². The Morgan fingerprint density at radius 1 is 1.31 bits per heavy atom. The van der Waals surface area contributed by atoms with E-state index in [2.05, 4.69) is 17.4 Å². The molecular weight excluding hydrogens is 202 g/mol. The Morgan fingerprint density at radius 3 is 2.56 bits per heavy atom. The molecule has 1 saturated carbocycles. The van der Waals surface area contributed by atoms with Crippen LogP contribution in [0.3, 0.4) is 0 Å². The third kappa shape index (κ3) is 2.09. The van der Waals surface area contributed by atoms with Crippen LogP contribution in [-0.2, 0) is 9.53 Å². The number of carbonyl (C=O) groups excluding carboxylic acids is 1. The molecule has 2 aliphatic rings. The van der Waals surface area contributed by atoms with E-state index in [9.17, 15) is 4.79 Å². The quantitative estimate of drug-likeness (QED) is 0.779. The average Bonchev–Trinajstić information content (AvgIpc) is 3.19. The standard InChI is InChI=1S/C13H15NO2/c15-13(11-8-16-11)14-12(10-6-7-10)9-4-2-1-3-5-9/h1-5,10-12H,6-8H2,(H,14,15). The monoisotopic (exact) mass is 217 g/mol. The van der Waals surface area contributed by atoms with E-state index >= 15 is 0 Å². The first-order valence-electron chi connectivity index (χ1n) is 5.81. The predicted molar refractivity (Wildman–Crippen MR) is 59.8 cm³/mol. The highest BCUT2D eigenvalue weighted by Crippen LogP contribution is 2.41. The maximum Gasteiger partial charge on any atom is 0.252 e. The summed E-state index contributed by atoms with van der Waals surface area (Å²) in [6, 6.07) is 10.4. The summed E-state index contributed by atoms with van der Waals surface area (Å²) in [6.45, 7) is 0.581. The summed E-state index contributed by atoms with van der Waals surface area (Å²) >= 11 is 0. The zero-order valence-corrected chi connectivity index (χ0v) is 9.06. The van der Waals surface area contributed by atoms with Gasteiger partial charge in [0.2, 0.25) is 0 Å². The van der Waals surface area contributed by atoms with Gasteiger partial charge in [-0.3, -0.25) is 4.79 Å². The molecule has 3 nitrogen and oxygen atoms in total. The smallest absolute Gasteiger partial charge is 0.252 e. The van der Waals surface area contributed by atoms with E-state index in [0.717, 1.165) is 0 Å². The molecule has 1 heterocycles. The third-order valence-electron chi connectivity index (χ3n) is 3.18. The lowest BCUT2D eigenvalue weighted by Crippen LogP contribution is -2.33. The second kappa shape index (κ2) is 3.91. The Hall–Kier alpha value is -1.35. The molecule has 2 unspecified atom stereocenters. The molecule has 1 aliphatic heterocycles. The molecule has 1 aliphatic carbocycles. The molecule has 0 aromatic heterocycles. The fourth-order valence-electron chi connectivity index (χ4n) is 2.01. The highest BCUT2D eigenvalue weighted by molar-refractivity contribution is 5.83. The summed E-state index contributed by atoms with van der Waals surface area (Å²) < 4.78 is 5.00. The van der Waals surface area contributed by atoms with E-state index in [4.69, 9.17) is 4.74 Å². The number of amides is 1. The van der Waals surface area contributed by atoms with E-state index < -0.39 is 0 Å². The lowest BCUT2D eigenvalue weighted by Gasteiger charge is -2.18. The van der Waals surface area contributed by atoms with E-state index in [1.54, 1.807) is 0 Å². The molecule has 1 saturated heterocycles. The minimum Gasteiger partial charge on any atom is -0.363 e. The van der Waals surface area contributed by atoms with Gasteiger partial charge in [0.1, 0.15) is 0 Å². The Kier molecular flexibility index (Phi) is 2.40. The van der Waals surface area contributed by atoms with Crippen LogP contribution in [0, 0.1) is 5.92 Å². The first-order valence-corrected chi connectivity index (χ1v) is 5.81. The molecular formula is C13H15NO2. The zero-order chi connectivity index (χ0) is 11.0. The fourth-order valence-corrected chi connectivity index (χ4v) is 2.01. The number of benzene rings is 1. The van der Waals surface area contributed by atoms with Crippen molar-refractivity contribution in [3.63, 3.8) is 0 Å². The summed E-state index contributed by atoms with van der Waals surface area (Å²) in [6.07, 6.45) is 2.24. The van der Waals surface area contributed by atoms with Crippen molar-refractivity contribution in [1.82, 2.24) is 5.32 Å². The van der Waals surface area contributed by atoms with Crippen LogP contribution in [0.15, 0.2) is 30.3 Å². The van der Waals surface area contributed by atoms with Gasteiger partial charge in [0.15, 0.2) is 6.10 Å². The first kappa shape index (κ1) is 9.85. The molecule has 16 heavy (non-hydrogen) atoms. The van der Waals surface area contributed by atoms with Gasteiger partial charge in [0.25, 0.3) is 5.91 Å². The summed E-state index contributed by atoms with van der Waals surface area (Å²) in [7, 11) is 0. The van der Waals surface area contributed by atoms with E-state index in [0.29, 0.717) is 12.5 Å². The van der Waals surface area contributed by atoms with Crippen molar-refractivity contribution in [3.8, 4) is 0 Å². The minimum absolute atomic E-state index is 0.0424. The molecule has 0 spiro atoms. The topological polar surface area (TPSA) is 41.6 Å². The van der Waals surface area contributed by atoms with Gasteiger partial charge in [-0.05, 0) is 24.3 Å². The van der Waals surface area contributed by atoms with Crippen molar-refractivity contribution in [2.24, 2.45) is 5.92 Å². The van der Waals surface area contributed by atoms with Gasteiger partial charge in [-0.2, -0.15) is 0 Å². The molecule has 1 aromatic rings. The number of hydrogen-bond acceptors (Lipinski definition) is 2. The van der Waals surface area contributed by atoms with Gasteiger partial charge < -0.3 is 10.1 Å². The lowest BCUT2D eigenvalue weighted by atomic mass is 10.0. The van der Waals surface area contributed by atoms with Crippen LogP contribution < -0.4 is 5.32 Å². The maximum absolute atomic E-state index is 11.7. The van der Waals surface area contributed by atoms with Crippen molar-refractivity contribution in [1.29, 1.82) is 0 Å². The minimum atomic E-state index is -0.190. The Morgan fingerprint density at radius 2 is 2.00 bits per heavy atom. The Bertz CT molecular complexity index is 382. The van der Waals surface area contributed by atoms with E-state index in [-0.39, 0.29) is 18.1 Å². The van der Waals surface area contributed by atoms with Crippen LogP contribution in [0.5, 0.6) is 0 Å². The molecule has 1 N–H and O–H groups in total. The zero-order valence-electron chi connectivity index (χ0n) is 9.06. The molecule has 0 bridgehead atoms. The number of hydrogen-bond donors (Lipinski definition) is 1. The van der Waals surface area contributed by atoms with Crippen LogP contribution in [0.4, 0.5) is 0 Å². The van der Waals surface area contributed by atoms with Gasteiger partial charge in [-0.15, -0.1) is 0 Å². The SMILES string of the molecule is O=C(NC(c1ccccc1)C1CC1)C1CO1. The Labute approximate surface area is 94.8 Å². The highest BCUT2D eigenvalue weighted by Gasteiger charge is 2.37. The normalized spacial score (nSPS) is 24.9. The summed E-state index contributed by atoms with van der Waals surface area (Å²) in [5, 5.41) is 3.09. The Balaban J connectivity index is 1.73. The van der Waals surface area contributed by atoms with Crippen LogP contribution in [0.1, 0.15) is 24.4 Å². The van der Waals surface area contributed by atoms with Gasteiger partial charge in [0, 0.05) is 0 Å². The second-order valence-electron chi connectivity index (χ2n) is 4.56. The number of carbonyl (C=O) groups is 1. The average molecular weight is 217 g/mol.